The highest BCUT2D eigenvalue weighted by Crippen LogP contribution is 2.31. The fourth-order valence-corrected chi connectivity index (χ4v) is 5.02. The molecule has 0 spiro atoms. The summed E-state index contributed by atoms with van der Waals surface area (Å²) in [6, 6.07) is 20.8. The molecule has 1 atom stereocenters. The summed E-state index contributed by atoms with van der Waals surface area (Å²) in [6.45, 7) is 1.85. The monoisotopic (exact) mass is 545 g/mol. The van der Waals surface area contributed by atoms with E-state index in [0.717, 1.165) is 42.4 Å². The summed E-state index contributed by atoms with van der Waals surface area (Å²) >= 11 is 0. The Kier molecular flexibility index (Phi) is 9.72. The SMILES string of the molecule is COc1cc(OCC(=O)N(Cc2ccccc2C)[C@@H](Cc2ccccc2)C(=O)NC2CCCC2)ccc1[N+](=O)[O-]. The van der Waals surface area contributed by atoms with Crippen LogP contribution in [-0.2, 0) is 22.6 Å². The molecule has 40 heavy (non-hydrogen) atoms. The van der Waals surface area contributed by atoms with Gasteiger partial charge in [0.25, 0.3) is 5.91 Å². The standard InChI is InChI=1S/C31H35N3O6/c1-22-10-6-7-13-24(22)20-33(30(35)21-40-26-16-17-27(34(37)38)29(19-26)39-2)28(18-23-11-4-3-5-12-23)31(36)32-25-14-8-9-15-25/h3-7,10-13,16-17,19,25,28H,8-9,14-15,18,20-21H2,1-2H3,(H,32,36)/t28-/m0/s1. The van der Waals surface area contributed by atoms with Crippen LogP contribution in [0.2, 0.25) is 0 Å². The first kappa shape index (κ1) is 28.6. The van der Waals surface area contributed by atoms with Crippen molar-refractivity contribution in [3.05, 3.63) is 99.6 Å². The van der Waals surface area contributed by atoms with Gasteiger partial charge in [0.2, 0.25) is 11.7 Å². The second-order valence-electron chi connectivity index (χ2n) is 10.0. The number of aryl methyl sites for hydroxylation is 1. The van der Waals surface area contributed by atoms with Crippen LogP contribution in [0, 0.1) is 17.0 Å². The number of nitro benzene ring substituents is 1. The second kappa shape index (κ2) is 13.6. The van der Waals surface area contributed by atoms with Crippen molar-refractivity contribution in [2.45, 2.75) is 57.7 Å². The lowest BCUT2D eigenvalue weighted by atomic mass is 10.0. The Bertz CT molecular complexity index is 1320. The maximum atomic E-state index is 13.8. The molecule has 0 saturated heterocycles. The maximum absolute atomic E-state index is 13.8. The van der Waals surface area contributed by atoms with Gasteiger partial charge in [-0.3, -0.25) is 19.7 Å². The Hall–Kier alpha value is -4.40. The molecule has 1 aliphatic rings. The second-order valence-corrected chi connectivity index (χ2v) is 10.0. The fraction of sp³-hybridized carbons (Fsp3) is 0.355. The third kappa shape index (κ3) is 7.37. The van der Waals surface area contributed by atoms with Crippen molar-refractivity contribution < 1.29 is 24.0 Å². The Labute approximate surface area is 234 Å². The number of carbonyl (C=O) groups is 2. The summed E-state index contributed by atoms with van der Waals surface area (Å²) in [5.74, 6) is -0.274. The third-order valence-electron chi connectivity index (χ3n) is 7.28. The van der Waals surface area contributed by atoms with Gasteiger partial charge in [-0.2, -0.15) is 0 Å². The van der Waals surface area contributed by atoms with Gasteiger partial charge in [-0.05, 0) is 42.5 Å². The van der Waals surface area contributed by atoms with Gasteiger partial charge in [0.15, 0.2) is 6.61 Å². The number of ether oxygens (including phenoxy) is 2. The molecule has 0 radical (unpaired) electrons. The van der Waals surface area contributed by atoms with Gasteiger partial charge in [0.05, 0.1) is 12.0 Å². The van der Waals surface area contributed by atoms with Crippen molar-refractivity contribution in [1.82, 2.24) is 10.2 Å². The number of nitrogens with one attached hydrogen (secondary N) is 1. The zero-order valence-corrected chi connectivity index (χ0v) is 22.9. The van der Waals surface area contributed by atoms with E-state index in [9.17, 15) is 19.7 Å². The molecule has 210 valence electrons. The lowest BCUT2D eigenvalue weighted by Gasteiger charge is -2.32. The number of methoxy groups -OCH3 is 1. The van der Waals surface area contributed by atoms with E-state index in [0.29, 0.717) is 6.42 Å². The van der Waals surface area contributed by atoms with Crippen molar-refractivity contribution in [3.8, 4) is 11.5 Å². The molecule has 0 bridgehead atoms. The molecule has 0 aliphatic heterocycles. The number of benzene rings is 3. The summed E-state index contributed by atoms with van der Waals surface area (Å²) in [5.41, 5.74) is 2.68. The highest BCUT2D eigenvalue weighted by atomic mass is 16.6. The topological polar surface area (TPSA) is 111 Å². The van der Waals surface area contributed by atoms with Gasteiger partial charge in [0, 0.05) is 31.1 Å². The molecule has 9 heteroatoms. The van der Waals surface area contributed by atoms with Crippen molar-refractivity contribution in [1.29, 1.82) is 0 Å². The van der Waals surface area contributed by atoms with Crippen molar-refractivity contribution in [3.63, 3.8) is 0 Å². The summed E-state index contributed by atoms with van der Waals surface area (Å²) in [7, 11) is 1.33. The Balaban J connectivity index is 1.62. The number of nitro groups is 1. The number of hydrogen-bond acceptors (Lipinski definition) is 6. The van der Waals surface area contributed by atoms with E-state index in [4.69, 9.17) is 9.47 Å². The number of carbonyl (C=O) groups excluding carboxylic acids is 2. The summed E-state index contributed by atoms with van der Waals surface area (Å²) < 4.78 is 10.9. The predicted molar refractivity (Wildman–Crippen MR) is 151 cm³/mol. The lowest BCUT2D eigenvalue weighted by molar-refractivity contribution is -0.385. The Morgan fingerprint density at radius 1 is 1.05 bits per heavy atom. The third-order valence-corrected chi connectivity index (χ3v) is 7.28. The minimum atomic E-state index is -0.759. The molecule has 0 aromatic heterocycles. The molecule has 1 aliphatic carbocycles. The first-order chi connectivity index (χ1) is 19.4. The average molecular weight is 546 g/mol. The fourth-order valence-electron chi connectivity index (χ4n) is 5.02. The average Bonchev–Trinajstić information content (AvgIpc) is 3.47. The van der Waals surface area contributed by atoms with E-state index in [1.807, 2.05) is 61.5 Å². The maximum Gasteiger partial charge on any atom is 0.311 e. The molecule has 1 saturated carbocycles. The number of hydrogen-bond donors (Lipinski definition) is 1. The molecule has 1 fully saturated rings. The summed E-state index contributed by atoms with van der Waals surface area (Å²) in [4.78, 5) is 39.9. The minimum absolute atomic E-state index is 0.0320. The molecule has 9 nitrogen and oxygen atoms in total. The smallest absolute Gasteiger partial charge is 0.311 e. The van der Waals surface area contributed by atoms with E-state index in [-0.39, 0.29) is 48.2 Å². The van der Waals surface area contributed by atoms with Gasteiger partial charge in [-0.15, -0.1) is 0 Å². The Morgan fingerprint density at radius 3 is 2.42 bits per heavy atom. The van der Waals surface area contributed by atoms with Crippen LogP contribution in [-0.4, -0.2) is 47.4 Å². The molecule has 3 aromatic rings. The molecule has 1 N–H and O–H groups in total. The van der Waals surface area contributed by atoms with Crippen LogP contribution in [0.3, 0.4) is 0 Å². The van der Waals surface area contributed by atoms with Crippen LogP contribution in [0.4, 0.5) is 5.69 Å². The lowest BCUT2D eigenvalue weighted by Crippen LogP contribution is -2.53. The molecule has 2 amide bonds. The molecular formula is C31H35N3O6. The van der Waals surface area contributed by atoms with Gasteiger partial charge in [0.1, 0.15) is 11.8 Å². The zero-order valence-electron chi connectivity index (χ0n) is 22.9. The first-order valence-electron chi connectivity index (χ1n) is 13.5. The van der Waals surface area contributed by atoms with E-state index in [1.165, 1.54) is 25.3 Å². The molecular weight excluding hydrogens is 510 g/mol. The van der Waals surface area contributed by atoms with E-state index >= 15 is 0 Å². The van der Waals surface area contributed by atoms with Crippen LogP contribution in [0.5, 0.6) is 11.5 Å². The predicted octanol–water partition coefficient (Wildman–Crippen LogP) is 4.99. The first-order valence-corrected chi connectivity index (χ1v) is 13.5. The van der Waals surface area contributed by atoms with E-state index in [2.05, 4.69) is 5.32 Å². The number of rotatable bonds is 12. The van der Waals surface area contributed by atoms with E-state index < -0.39 is 11.0 Å². The van der Waals surface area contributed by atoms with Gasteiger partial charge < -0.3 is 19.7 Å². The van der Waals surface area contributed by atoms with Crippen molar-refractivity contribution >= 4 is 17.5 Å². The van der Waals surface area contributed by atoms with Crippen LogP contribution >= 0.6 is 0 Å². The zero-order chi connectivity index (χ0) is 28.5. The summed E-state index contributed by atoms with van der Waals surface area (Å²) in [5, 5.41) is 14.4. The van der Waals surface area contributed by atoms with Crippen LogP contribution < -0.4 is 14.8 Å². The quantitative estimate of drug-likeness (QED) is 0.254. The van der Waals surface area contributed by atoms with Gasteiger partial charge in [-0.25, -0.2) is 0 Å². The molecule has 4 rings (SSSR count). The molecule has 0 heterocycles. The van der Waals surface area contributed by atoms with Crippen LogP contribution in [0.15, 0.2) is 72.8 Å². The molecule has 3 aromatic carbocycles. The molecule has 0 unspecified atom stereocenters. The van der Waals surface area contributed by atoms with Crippen LogP contribution in [0.1, 0.15) is 42.4 Å². The normalized spacial score (nSPS) is 13.8. The minimum Gasteiger partial charge on any atom is -0.490 e. The largest absolute Gasteiger partial charge is 0.490 e. The number of nitrogens with zero attached hydrogens (tertiary/aromatic N) is 2. The van der Waals surface area contributed by atoms with Gasteiger partial charge in [-0.1, -0.05) is 67.4 Å². The van der Waals surface area contributed by atoms with Crippen LogP contribution in [0.25, 0.3) is 0 Å². The highest BCUT2D eigenvalue weighted by molar-refractivity contribution is 5.88. The number of amides is 2. The Morgan fingerprint density at radius 2 is 1.75 bits per heavy atom. The van der Waals surface area contributed by atoms with Gasteiger partial charge >= 0.3 is 5.69 Å². The summed E-state index contributed by atoms with van der Waals surface area (Å²) in [6.07, 6.45) is 4.36. The van der Waals surface area contributed by atoms with Crippen molar-refractivity contribution in [2.24, 2.45) is 0 Å². The highest BCUT2D eigenvalue weighted by Gasteiger charge is 2.32. The van der Waals surface area contributed by atoms with E-state index in [1.54, 1.807) is 4.90 Å². The van der Waals surface area contributed by atoms with Crippen molar-refractivity contribution in [2.75, 3.05) is 13.7 Å².